The van der Waals surface area contributed by atoms with Gasteiger partial charge in [0.15, 0.2) is 0 Å². The molecule has 0 radical (unpaired) electrons. The van der Waals surface area contributed by atoms with Crippen LogP contribution < -0.4 is 4.90 Å². The smallest absolute Gasteiger partial charge is 0.143 e. The number of fused-ring (bicyclic) bond motifs is 1. The van der Waals surface area contributed by atoms with E-state index in [4.69, 9.17) is 0 Å². The minimum absolute atomic E-state index is 0.117. The second kappa shape index (κ2) is 4.40. The Morgan fingerprint density at radius 2 is 1.89 bits per heavy atom. The monoisotopic (exact) mass is 252 g/mol. The standard InChI is InChI=1S/C16H13FN2/c1-11-9-12-5-2-3-7-15(12)19(11)16-8-4-6-14(17)13(16)10-18/h2-8,11H,9H2,1H3. The number of hydrogen-bond acceptors (Lipinski definition) is 2. The molecular formula is C16H13FN2. The lowest BCUT2D eigenvalue weighted by atomic mass is 10.1. The van der Waals surface area contributed by atoms with Crippen LogP contribution in [-0.2, 0) is 6.42 Å². The largest absolute Gasteiger partial charge is 0.337 e. The quantitative estimate of drug-likeness (QED) is 0.772. The molecule has 0 aliphatic carbocycles. The van der Waals surface area contributed by atoms with Crippen molar-refractivity contribution in [2.24, 2.45) is 0 Å². The molecule has 2 aromatic rings. The Morgan fingerprint density at radius 1 is 1.16 bits per heavy atom. The molecule has 1 aliphatic rings. The van der Waals surface area contributed by atoms with Crippen molar-refractivity contribution in [2.75, 3.05) is 4.90 Å². The van der Waals surface area contributed by atoms with E-state index in [0.29, 0.717) is 5.69 Å². The van der Waals surface area contributed by atoms with Crippen LogP contribution in [0.15, 0.2) is 42.5 Å². The first-order valence-electron chi connectivity index (χ1n) is 6.28. The number of anilines is 2. The van der Waals surface area contributed by atoms with E-state index >= 15 is 0 Å². The summed E-state index contributed by atoms with van der Waals surface area (Å²) in [6.07, 6.45) is 0.914. The van der Waals surface area contributed by atoms with Crippen molar-refractivity contribution in [3.05, 3.63) is 59.4 Å². The van der Waals surface area contributed by atoms with E-state index in [2.05, 4.69) is 17.9 Å². The number of para-hydroxylation sites is 1. The predicted octanol–water partition coefficient (Wildman–Crippen LogP) is 3.78. The van der Waals surface area contributed by atoms with E-state index in [1.54, 1.807) is 12.1 Å². The molecule has 3 heteroatoms. The number of benzene rings is 2. The van der Waals surface area contributed by atoms with Gasteiger partial charge in [-0.2, -0.15) is 5.26 Å². The van der Waals surface area contributed by atoms with Gasteiger partial charge >= 0.3 is 0 Å². The van der Waals surface area contributed by atoms with Gasteiger partial charge in [-0.05, 0) is 37.1 Å². The number of hydrogen-bond donors (Lipinski definition) is 0. The summed E-state index contributed by atoms with van der Waals surface area (Å²) < 4.78 is 13.8. The Hall–Kier alpha value is -2.34. The van der Waals surface area contributed by atoms with Gasteiger partial charge < -0.3 is 4.90 Å². The van der Waals surface area contributed by atoms with Crippen molar-refractivity contribution >= 4 is 11.4 Å². The fraction of sp³-hybridized carbons (Fsp3) is 0.188. The molecule has 0 bridgehead atoms. The van der Waals surface area contributed by atoms with Crippen molar-refractivity contribution in [3.63, 3.8) is 0 Å². The van der Waals surface area contributed by atoms with Crippen LogP contribution in [0.5, 0.6) is 0 Å². The summed E-state index contributed by atoms with van der Waals surface area (Å²) >= 11 is 0. The topological polar surface area (TPSA) is 27.0 Å². The molecule has 3 rings (SSSR count). The molecule has 0 fully saturated rings. The van der Waals surface area contributed by atoms with E-state index in [9.17, 15) is 9.65 Å². The molecule has 0 N–H and O–H groups in total. The fourth-order valence-corrected chi connectivity index (χ4v) is 2.76. The summed E-state index contributed by atoms with van der Waals surface area (Å²) in [5, 5.41) is 9.18. The average molecular weight is 252 g/mol. The normalized spacial score (nSPS) is 17.1. The SMILES string of the molecule is CC1Cc2ccccc2N1c1cccc(F)c1C#N. The highest BCUT2D eigenvalue weighted by atomic mass is 19.1. The number of nitrogens with zero attached hydrogens (tertiary/aromatic N) is 2. The summed E-state index contributed by atoms with van der Waals surface area (Å²) in [5.74, 6) is -0.461. The summed E-state index contributed by atoms with van der Waals surface area (Å²) in [7, 11) is 0. The summed E-state index contributed by atoms with van der Waals surface area (Å²) in [6, 6.07) is 15.1. The first kappa shape index (κ1) is 11.7. The molecule has 1 atom stereocenters. The van der Waals surface area contributed by atoms with E-state index in [1.807, 2.05) is 24.3 Å². The molecule has 1 aliphatic heterocycles. The van der Waals surface area contributed by atoms with Crippen LogP contribution >= 0.6 is 0 Å². The molecule has 1 heterocycles. The van der Waals surface area contributed by atoms with E-state index in [0.717, 1.165) is 12.1 Å². The second-order valence-corrected chi connectivity index (χ2v) is 4.80. The highest BCUT2D eigenvalue weighted by molar-refractivity contribution is 5.75. The van der Waals surface area contributed by atoms with Gasteiger partial charge in [0.05, 0.1) is 5.69 Å². The molecule has 2 nitrogen and oxygen atoms in total. The van der Waals surface area contributed by atoms with Crippen molar-refractivity contribution in [1.29, 1.82) is 5.26 Å². The van der Waals surface area contributed by atoms with E-state index < -0.39 is 5.82 Å². The zero-order valence-electron chi connectivity index (χ0n) is 10.6. The van der Waals surface area contributed by atoms with Gasteiger partial charge in [0.1, 0.15) is 17.4 Å². The Morgan fingerprint density at radius 3 is 2.68 bits per heavy atom. The van der Waals surface area contributed by atoms with Crippen molar-refractivity contribution in [1.82, 2.24) is 0 Å². The predicted molar refractivity (Wildman–Crippen MR) is 72.9 cm³/mol. The summed E-state index contributed by atoms with van der Waals surface area (Å²) in [5.41, 5.74) is 3.08. The molecular weight excluding hydrogens is 239 g/mol. The van der Waals surface area contributed by atoms with Crippen LogP contribution in [0.4, 0.5) is 15.8 Å². The third-order valence-corrected chi connectivity index (χ3v) is 3.57. The van der Waals surface area contributed by atoms with Crippen molar-refractivity contribution < 1.29 is 4.39 Å². The van der Waals surface area contributed by atoms with E-state index in [1.165, 1.54) is 11.6 Å². The van der Waals surface area contributed by atoms with E-state index in [-0.39, 0.29) is 11.6 Å². The molecule has 0 saturated carbocycles. The van der Waals surface area contributed by atoms with Crippen molar-refractivity contribution in [3.8, 4) is 6.07 Å². The molecule has 19 heavy (non-hydrogen) atoms. The van der Waals surface area contributed by atoms with Crippen LogP contribution in [0, 0.1) is 17.1 Å². The van der Waals surface area contributed by atoms with Gasteiger partial charge in [0.2, 0.25) is 0 Å². The maximum absolute atomic E-state index is 13.8. The summed E-state index contributed by atoms with van der Waals surface area (Å²) in [6.45, 7) is 2.09. The van der Waals surface area contributed by atoms with Gasteiger partial charge in [-0.3, -0.25) is 0 Å². The summed E-state index contributed by atoms with van der Waals surface area (Å²) in [4.78, 5) is 2.05. The second-order valence-electron chi connectivity index (χ2n) is 4.80. The lowest BCUT2D eigenvalue weighted by Crippen LogP contribution is -2.24. The Labute approximate surface area is 111 Å². The molecule has 0 aromatic heterocycles. The van der Waals surface area contributed by atoms with Gasteiger partial charge in [-0.1, -0.05) is 24.3 Å². The highest BCUT2D eigenvalue weighted by Gasteiger charge is 2.28. The number of rotatable bonds is 1. The van der Waals surface area contributed by atoms with Gasteiger partial charge in [-0.25, -0.2) is 4.39 Å². The van der Waals surface area contributed by atoms with Crippen LogP contribution in [-0.4, -0.2) is 6.04 Å². The van der Waals surface area contributed by atoms with Gasteiger partial charge in [-0.15, -0.1) is 0 Å². The highest BCUT2D eigenvalue weighted by Crippen LogP contribution is 2.39. The maximum Gasteiger partial charge on any atom is 0.143 e. The molecule has 0 saturated heterocycles. The third-order valence-electron chi connectivity index (χ3n) is 3.57. The molecule has 0 amide bonds. The minimum Gasteiger partial charge on any atom is -0.337 e. The number of halogens is 1. The van der Waals surface area contributed by atoms with Crippen LogP contribution in [0.1, 0.15) is 18.1 Å². The fourth-order valence-electron chi connectivity index (χ4n) is 2.76. The average Bonchev–Trinajstić information content (AvgIpc) is 2.74. The molecule has 0 spiro atoms. The zero-order valence-corrected chi connectivity index (χ0v) is 10.6. The van der Waals surface area contributed by atoms with Gasteiger partial charge in [0.25, 0.3) is 0 Å². The maximum atomic E-state index is 13.8. The number of nitriles is 1. The Balaban J connectivity index is 2.19. The Bertz CT molecular complexity index is 673. The third kappa shape index (κ3) is 1.77. The minimum atomic E-state index is -0.461. The van der Waals surface area contributed by atoms with Gasteiger partial charge in [0, 0.05) is 11.7 Å². The molecule has 94 valence electrons. The van der Waals surface area contributed by atoms with Crippen molar-refractivity contribution in [2.45, 2.75) is 19.4 Å². The zero-order chi connectivity index (χ0) is 13.4. The first-order valence-corrected chi connectivity index (χ1v) is 6.28. The molecule has 2 aromatic carbocycles. The van der Waals surface area contributed by atoms with Crippen LogP contribution in [0.25, 0.3) is 0 Å². The van der Waals surface area contributed by atoms with Crippen LogP contribution in [0.2, 0.25) is 0 Å². The lowest BCUT2D eigenvalue weighted by molar-refractivity contribution is 0.622. The first-order chi connectivity index (χ1) is 9.22. The van der Waals surface area contributed by atoms with Crippen LogP contribution in [0.3, 0.4) is 0 Å². The lowest BCUT2D eigenvalue weighted by Gasteiger charge is -2.26. The molecule has 1 unspecified atom stereocenters. The Kier molecular flexibility index (Phi) is 2.72.